The Morgan fingerprint density at radius 1 is 0.317 bits per heavy atom. The molecule has 12 aromatic rings. The van der Waals surface area contributed by atoms with Crippen molar-refractivity contribution in [1.82, 2.24) is 19.5 Å². The molecule has 0 unspecified atom stereocenters. The van der Waals surface area contributed by atoms with Crippen molar-refractivity contribution in [3.05, 3.63) is 206 Å². The first-order valence-electron chi connectivity index (χ1n) is 20.2. The van der Waals surface area contributed by atoms with E-state index in [9.17, 15) is 0 Å². The Bertz CT molecular complexity index is 3500. The predicted octanol–water partition coefficient (Wildman–Crippen LogP) is 14.4. The third-order valence-electron chi connectivity index (χ3n) is 11.6. The summed E-state index contributed by atoms with van der Waals surface area (Å²) in [4.78, 5) is 15.8. The lowest BCUT2D eigenvalue weighted by molar-refractivity contribution is 0.669. The maximum Gasteiger partial charge on any atom is 0.164 e. The van der Waals surface area contributed by atoms with Gasteiger partial charge in [-0.2, -0.15) is 0 Å². The Morgan fingerprint density at radius 3 is 1.50 bits per heavy atom. The predicted molar refractivity (Wildman–Crippen MR) is 246 cm³/mol. The quantitative estimate of drug-likeness (QED) is 0.169. The van der Waals surface area contributed by atoms with Crippen molar-refractivity contribution in [3.63, 3.8) is 0 Å². The number of para-hydroxylation sites is 2. The van der Waals surface area contributed by atoms with E-state index in [4.69, 9.17) is 19.4 Å². The molecule has 5 heteroatoms. The van der Waals surface area contributed by atoms with Crippen molar-refractivity contribution in [3.8, 4) is 62.1 Å². The van der Waals surface area contributed by atoms with E-state index >= 15 is 0 Å². The molecule has 0 fully saturated rings. The van der Waals surface area contributed by atoms with E-state index in [1.807, 2.05) is 24.3 Å². The Balaban J connectivity index is 1.14. The minimum atomic E-state index is 0.556. The van der Waals surface area contributed by atoms with E-state index in [0.717, 1.165) is 77.6 Å². The molecule has 0 bridgehead atoms. The summed E-state index contributed by atoms with van der Waals surface area (Å²) in [6, 6.07) is 72.2. The molecule has 0 aliphatic rings. The van der Waals surface area contributed by atoms with Crippen LogP contribution in [-0.2, 0) is 0 Å². The molecule has 9 aromatic carbocycles. The Hall–Kier alpha value is -8.15. The molecular weight excluding hydrogens is 733 g/mol. The molecule has 3 heterocycles. The topological polar surface area (TPSA) is 56.7 Å². The molecule has 0 spiro atoms. The van der Waals surface area contributed by atoms with Gasteiger partial charge in [-0.05, 0) is 81.6 Å². The maximum absolute atomic E-state index is 6.72. The summed E-state index contributed by atoms with van der Waals surface area (Å²) >= 11 is 0. The third kappa shape index (κ3) is 5.67. The number of fused-ring (bicyclic) bond motifs is 7. The standard InChI is InChI=1S/C55H34N4O/c1-3-15-35(16-4-1)37-21-13-23-41(29-37)53-56-54(42-24-14-22-38(30-42)36-17-5-2-6-18-36)58-55(57-53)43-33-49(52-45-26-10-12-28-50(45)60-51(52)34-43)59-47-27-11-9-25-44(47)46-31-39-19-7-8-20-40(39)32-48(46)59/h1-34H. The molecule has 0 saturated heterocycles. The van der Waals surface area contributed by atoms with Crippen LogP contribution < -0.4 is 0 Å². The summed E-state index contributed by atoms with van der Waals surface area (Å²) in [6.45, 7) is 0. The van der Waals surface area contributed by atoms with Crippen LogP contribution in [0.4, 0.5) is 0 Å². The molecule has 0 N–H and O–H groups in total. The van der Waals surface area contributed by atoms with E-state index in [-0.39, 0.29) is 0 Å². The summed E-state index contributed by atoms with van der Waals surface area (Å²) in [5.74, 6) is 1.74. The summed E-state index contributed by atoms with van der Waals surface area (Å²) in [6.07, 6.45) is 0. The van der Waals surface area contributed by atoms with Crippen LogP contribution in [0.1, 0.15) is 0 Å². The van der Waals surface area contributed by atoms with Gasteiger partial charge in [0.25, 0.3) is 0 Å². The van der Waals surface area contributed by atoms with Crippen molar-refractivity contribution < 1.29 is 4.42 Å². The molecule has 12 rings (SSSR count). The molecular formula is C55H34N4O. The van der Waals surface area contributed by atoms with Gasteiger partial charge in [-0.1, -0.05) is 158 Å². The zero-order chi connectivity index (χ0) is 39.6. The van der Waals surface area contributed by atoms with Gasteiger partial charge in [0.05, 0.1) is 22.1 Å². The van der Waals surface area contributed by atoms with Gasteiger partial charge < -0.3 is 8.98 Å². The fourth-order valence-electron chi connectivity index (χ4n) is 8.75. The molecule has 0 saturated carbocycles. The lowest BCUT2D eigenvalue weighted by atomic mass is 10.0. The van der Waals surface area contributed by atoms with Crippen molar-refractivity contribution in [2.24, 2.45) is 0 Å². The van der Waals surface area contributed by atoms with Crippen molar-refractivity contribution in [2.45, 2.75) is 0 Å². The fraction of sp³-hybridized carbons (Fsp3) is 0. The summed E-state index contributed by atoms with van der Waals surface area (Å²) in [5, 5.41) is 6.85. The summed E-state index contributed by atoms with van der Waals surface area (Å²) < 4.78 is 9.11. The SMILES string of the molecule is c1ccc(-c2cccc(-c3nc(-c4cccc(-c5ccccc5)c4)nc(-c4cc(-n5c6ccccc6c6cc7ccccc7cc65)c5c(c4)oc4ccccc45)n3)c2)cc1. The molecule has 0 amide bonds. The second kappa shape index (κ2) is 13.8. The molecule has 0 radical (unpaired) electrons. The van der Waals surface area contributed by atoms with Gasteiger partial charge in [-0.15, -0.1) is 0 Å². The van der Waals surface area contributed by atoms with E-state index < -0.39 is 0 Å². The highest BCUT2D eigenvalue weighted by molar-refractivity contribution is 6.17. The van der Waals surface area contributed by atoms with Crippen LogP contribution in [0, 0.1) is 0 Å². The van der Waals surface area contributed by atoms with Crippen LogP contribution in [0.5, 0.6) is 0 Å². The highest BCUT2D eigenvalue weighted by Crippen LogP contribution is 2.42. The average Bonchev–Trinajstić information content (AvgIpc) is 3.86. The zero-order valence-electron chi connectivity index (χ0n) is 32.3. The first kappa shape index (κ1) is 33.9. The van der Waals surface area contributed by atoms with E-state index in [2.05, 4.69) is 187 Å². The van der Waals surface area contributed by atoms with Crippen LogP contribution in [0.25, 0.3) is 117 Å². The van der Waals surface area contributed by atoms with Gasteiger partial charge in [-0.3, -0.25) is 0 Å². The smallest absolute Gasteiger partial charge is 0.164 e. The van der Waals surface area contributed by atoms with Crippen molar-refractivity contribution >= 4 is 54.5 Å². The van der Waals surface area contributed by atoms with Crippen LogP contribution >= 0.6 is 0 Å². The lowest BCUT2D eigenvalue weighted by Gasteiger charge is -2.14. The highest BCUT2D eigenvalue weighted by Gasteiger charge is 2.22. The van der Waals surface area contributed by atoms with Gasteiger partial charge in [-0.25, -0.2) is 15.0 Å². The van der Waals surface area contributed by atoms with E-state index in [0.29, 0.717) is 17.5 Å². The van der Waals surface area contributed by atoms with Gasteiger partial charge in [0.15, 0.2) is 17.5 Å². The first-order chi connectivity index (χ1) is 29.7. The number of nitrogens with zero attached hydrogens (tertiary/aromatic N) is 4. The van der Waals surface area contributed by atoms with Gasteiger partial charge >= 0.3 is 0 Å². The molecule has 0 atom stereocenters. The van der Waals surface area contributed by atoms with Crippen LogP contribution in [0.15, 0.2) is 211 Å². The highest BCUT2D eigenvalue weighted by atomic mass is 16.3. The summed E-state index contributed by atoms with van der Waals surface area (Å²) in [7, 11) is 0. The van der Waals surface area contributed by atoms with Crippen LogP contribution in [0.3, 0.4) is 0 Å². The molecule has 5 nitrogen and oxygen atoms in total. The van der Waals surface area contributed by atoms with Gasteiger partial charge in [0, 0.05) is 32.8 Å². The lowest BCUT2D eigenvalue weighted by Crippen LogP contribution is -2.02. The van der Waals surface area contributed by atoms with E-state index in [1.54, 1.807) is 0 Å². The Labute approximate surface area is 345 Å². The number of hydrogen-bond donors (Lipinski definition) is 0. The van der Waals surface area contributed by atoms with Crippen LogP contribution in [0.2, 0.25) is 0 Å². The van der Waals surface area contributed by atoms with Crippen molar-refractivity contribution in [2.75, 3.05) is 0 Å². The zero-order valence-corrected chi connectivity index (χ0v) is 32.3. The first-order valence-corrected chi connectivity index (χ1v) is 20.2. The van der Waals surface area contributed by atoms with E-state index in [1.165, 1.54) is 21.5 Å². The number of furan rings is 1. The monoisotopic (exact) mass is 766 g/mol. The third-order valence-corrected chi connectivity index (χ3v) is 11.6. The fourth-order valence-corrected chi connectivity index (χ4v) is 8.75. The van der Waals surface area contributed by atoms with Crippen molar-refractivity contribution in [1.29, 1.82) is 0 Å². The number of hydrogen-bond acceptors (Lipinski definition) is 4. The van der Waals surface area contributed by atoms with Gasteiger partial charge in [0.2, 0.25) is 0 Å². The Kier molecular flexibility index (Phi) is 7.78. The number of benzene rings is 9. The molecule has 60 heavy (non-hydrogen) atoms. The molecule has 280 valence electrons. The summed E-state index contributed by atoms with van der Waals surface area (Å²) in [5.41, 5.74) is 11.9. The normalized spacial score (nSPS) is 11.7. The maximum atomic E-state index is 6.72. The second-order valence-electron chi connectivity index (χ2n) is 15.2. The molecule has 3 aromatic heterocycles. The molecule has 0 aliphatic heterocycles. The number of rotatable bonds is 6. The largest absolute Gasteiger partial charge is 0.456 e. The minimum absolute atomic E-state index is 0.556. The minimum Gasteiger partial charge on any atom is -0.456 e. The number of aromatic nitrogens is 4. The molecule has 0 aliphatic carbocycles. The van der Waals surface area contributed by atoms with Gasteiger partial charge in [0.1, 0.15) is 11.2 Å². The average molecular weight is 767 g/mol. The second-order valence-corrected chi connectivity index (χ2v) is 15.2. The van der Waals surface area contributed by atoms with Crippen LogP contribution in [-0.4, -0.2) is 19.5 Å². The Morgan fingerprint density at radius 2 is 0.833 bits per heavy atom.